The number of fused-ring (bicyclic) bond motifs is 9. The topological polar surface area (TPSA) is 79.0 Å². The summed E-state index contributed by atoms with van der Waals surface area (Å²) in [7, 11) is 1.69. The standard InChI is InChI=1S/C25H35N3O4/c1-26-24(31)25-10-4-5-13-27(22(29)18-19-8-9-19)16-17-32-21-7-3-2-6-20(21)23(30)28(14-11-25)15-12-25/h2-3,6-7,19H,4-5,8-18H2,1H3,(H,26,31). The van der Waals surface area contributed by atoms with E-state index in [0.717, 1.165) is 32.1 Å². The van der Waals surface area contributed by atoms with Gasteiger partial charge in [0, 0.05) is 33.1 Å². The zero-order valence-corrected chi connectivity index (χ0v) is 19.1. The number of carbonyl (C=O) groups excluding carboxylic acids is 3. The lowest BCUT2D eigenvalue weighted by atomic mass is 9.73. The fraction of sp³-hybridized carbons (Fsp3) is 0.640. The van der Waals surface area contributed by atoms with Crippen molar-refractivity contribution in [3.63, 3.8) is 0 Å². The maximum Gasteiger partial charge on any atom is 0.257 e. The van der Waals surface area contributed by atoms with Gasteiger partial charge >= 0.3 is 0 Å². The largest absolute Gasteiger partial charge is 0.491 e. The first-order valence-corrected chi connectivity index (χ1v) is 12.0. The van der Waals surface area contributed by atoms with Gasteiger partial charge < -0.3 is 19.9 Å². The normalized spacial score (nSPS) is 21.7. The number of benzene rings is 1. The van der Waals surface area contributed by atoms with Crippen molar-refractivity contribution >= 4 is 17.7 Å². The van der Waals surface area contributed by atoms with Crippen LogP contribution in [0.3, 0.4) is 0 Å². The Kier molecular flexibility index (Phi) is 7.01. The van der Waals surface area contributed by atoms with Crippen LogP contribution in [-0.2, 0) is 9.59 Å². The number of piperidine rings is 1. The molecule has 174 valence electrons. The highest BCUT2D eigenvalue weighted by Crippen LogP contribution is 2.38. The van der Waals surface area contributed by atoms with Crippen molar-refractivity contribution in [1.29, 1.82) is 0 Å². The Morgan fingerprint density at radius 2 is 1.81 bits per heavy atom. The van der Waals surface area contributed by atoms with Gasteiger partial charge in [0.05, 0.1) is 17.5 Å². The van der Waals surface area contributed by atoms with Crippen molar-refractivity contribution in [1.82, 2.24) is 15.1 Å². The first kappa shape index (κ1) is 22.6. The zero-order valence-electron chi connectivity index (χ0n) is 19.1. The van der Waals surface area contributed by atoms with Crippen LogP contribution in [0.25, 0.3) is 0 Å². The van der Waals surface area contributed by atoms with E-state index < -0.39 is 5.41 Å². The first-order chi connectivity index (χ1) is 15.5. The third-order valence-corrected chi connectivity index (χ3v) is 7.30. The molecule has 2 fully saturated rings. The molecule has 1 saturated carbocycles. The van der Waals surface area contributed by atoms with Crippen LogP contribution in [0.2, 0.25) is 0 Å². The SMILES string of the molecule is CNC(=O)C12CCCCN(C(=O)CC3CC3)CCOc3ccccc3C(=O)N(CC1)CC2. The lowest BCUT2D eigenvalue weighted by Gasteiger charge is -2.40. The van der Waals surface area contributed by atoms with E-state index in [4.69, 9.17) is 4.74 Å². The van der Waals surface area contributed by atoms with Crippen LogP contribution in [0.5, 0.6) is 5.75 Å². The summed E-state index contributed by atoms with van der Waals surface area (Å²) in [5.74, 6) is 1.31. The maximum atomic E-state index is 13.3. The Morgan fingerprint density at radius 1 is 1.06 bits per heavy atom. The third-order valence-electron chi connectivity index (χ3n) is 7.30. The molecular formula is C25H35N3O4. The smallest absolute Gasteiger partial charge is 0.257 e. The summed E-state index contributed by atoms with van der Waals surface area (Å²) in [6.07, 6.45) is 6.77. The highest BCUT2D eigenvalue weighted by Gasteiger charge is 2.41. The Labute approximate surface area is 190 Å². The van der Waals surface area contributed by atoms with Crippen molar-refractivity contribution in [2.75, 3.05) is 39.8 Å². The predicted octanol–water partition coefficient (Wildman–Crippen LogP) is 2.85. The molecule has 3 aliphatic heterocycles. The Morgan fingerprint density at radius 3 is 2.53 bits per heavy atom. The van der Waals surface area contributed by atoms with Gasteiger partial charge in [-0.05, 0) is 56.6 Å². The average Bonchev–Trinajstić information content (AvgIpc) is 3.63. The molecule has 0 spiro atoms. The fourth-order valence-corrected chi connectivity index (χ4v) is 5.02. The highest BCUT2D eigenvalue weighted by atomic mass is 16.5. The van der Waals surface area contributed by atoms with Crippen LogP contribution in [0.15, 0.2) is 24.3 Å². The van der Waals surface area contributed by atoms with Crippen LogP contribution >= 0.6 is 0 Å². The molecule has 4 aliphatic rings. The minimum absolute atomic E-state index is 0.0531. The molecule has 0 atom stereocenters. The van der Waals surface area contributed by atoms with Gasteiger partial charge in [0.1, 0.15) is 12.4 Å². The molecular weight excluding hydrogens is 406 g/mol. The number of carbonyl (C=O) groups is 3. The van der Waals surface area contributed by atoms with Crippen molar-refractivity contribution in [3.05, 3.63) is 29.8 Å². The number of nitrogens with one attached hydrogen (secondary N) is 1. The Balaban J connectivity index is 1.55. The molecule has 2 bridgehead atoms. The highest BCUT2D eigenvalue weighted by molar-refractivity contribution is 5.97. The molecule has 3 amide bonds. The summed E-state index contributed by atoms with van der Waals surface area (Å²) in [6.45, 7) is 2.69. The molecule has 1 aromatic rings. The predicted molar refractivity (Wildman–Crippen MR) is 121 cm³/mol. The van der Waals surface area contributed by atoms with Crippen molar-refractivity contribution in [3.8, 4) is 5.75 Å². The lowest BCUT2D eigenvalue weighted by Crippen LogP contribution is -2.49. The molecule has 3 heterocycles. The summed E-state index contributed by atoms with van der Waals surface area (Å²) >= 11 is 0. The van der Waals surface area contributed by atoms with Gasteiger partial charge in [-0.25, -0.2) is 0 Å². The van der Waals surface area contributed by atoms with Gasteiger partial charge in [0.25, 0.3) is 5.91 Å². The quantitative estimate of drug-likeness (QED) is 0.782. The lowest BCUT2D eigenvalue weighted by molar-refractivity contribution is -0.134. The molecule has 5 rings (SSSR count). The second-order valence-corrected chi connectivity index (χ2v) is 9.48. The van der Waals surface area contributed by atoms with Gasteiger partial charge in [-0.1, -0.05) is 18.6 Å². The van der Waals surface area contributed by atoms with E-state index in [-0.39, 0.29) is 17.7 Å². The number of hydrogen-bond donors (Lipinski definition) is 1. The number of amides is 3. The second kappa shape index (κ2) is 9.92. The van der Waals surface area contributed by atoms with Gasteiger partial charge in [0.15, 0.2) is 0 Å². The zero-order chi connectivity index (χ0) is 22.6. The van der Waals surface area contributed by atoms with Crippen molar-refractivity contribution in [2.24, 2.45) is 11.3 Å². The average molecular weight is 442 g/mol. The second-order valence-electron chi connectivity index (χ2n) is 9.48. The molecule has 1 aliphatic carbocycles. The van der Waals surface area contributed by atoms with Crippen LogP contribution in [0, 0.1) is 11.3 Å². The summed E-state index contributed by atoms with van der Waals surface area (Å²) in [5, 5.41) is 2.85. The minimum atomic E-state index is -0.440. The molecule has 0 unspecified atom stereocenters. The molecule has 1 saturated heterocycles. The van der Waals surface area contributed by atoms with Gasteiger partial charge in [0.2, 0.25) is 11.8 Å². The van der Waals surface area contributed by atoms with E-state index in [1.807, 2.05) is 28.0 Å². The van der Waals surface area contributed by atoms with Crippen molar-refractivity contribution < 1.29 is 19.1 Å². The number of hydrogen-bond acceptors (Lipinski definition) is 4. The molecule has 0 aromatic heterocycles. The van der Waals surface area contributed by atoms with Crippen LogP contribution in [-0.4, -0.2) is 67.4 Å². The number of ether oxygens (including phenoxy) is 1. The van der Waals surface area contributed by atoms with E-state index >= 15 is 0 Å². The van der Waals surface area contributed by atoms with E-state index in [2.05, 4.69) is 5.32 Å². The van der Waals surface area contributed by atoms with E-state index in [1.165, 1.54) is 0 Å². The van der Waals surface area contributed by atoms with E-state index in [0.29, 0.717) is 69.3 Å². The number of nitrogens with zero attached hydrogens (tertiary/aromatic N) is 2. The van der Waals surface area contributed by atoms with Crippen LogP contribution < -0.4 is 10.1 Å². The van der Waals surface area contributed by atoms with Crippen LogP contribution in [0.1, 0.15) is 61.7 Å². The Bertz CT molecular complexity index is 843. The molecule has 7 heteroatoms. The molecule has 7 nitrogen and oxygen atoms in total. The van der Waals surface area contributed by atoms with E-state index in [1.54, 1.807) is 13.1 Å². The number of para-hydroxylation sites is 1. The van der Waals surface area contributed by atoms with E-state index in [9.17, 15) is 14.4 Å². The summed E-state index contributed by atoms with van der Waals surface area (Å²) in [6, 6.07) is 7.33. The van der Waals surface area contributed by atoms with Gasteiger partial charge in [-0.2, -0.15) is 0 Å². The first-order valence-electron chi connectivity index (χ1n) is 12.0. The molecule has 1 aromatic carbocycles. The van der Waals surface area contributed by atoms with Gasteiger partial charge in [-0.3, -0.25) is 14.4 Å². The monoisotopic (exact) mass is 441 g/mol. The third kappa shape index (κ3) is 5.08. The summed E-state index contributed by atoms with van der Waals surface area (Å²) in [4.78, 5) is 42.7. The molecule has 0 radical (unpaired) electrons. The molecule has 1 N–H and O–H groups in total. The van der Waals surface area contributed by atoms with Crippen LogP contribution in [0.4, 0.5) is 0 Å². The van der Waals surface area contributed by atoms with Crippen molar-refractivity contribution in [2.45, 2.75) is 51.4 Å². The van der Waals surface area contributed by atoms with Gasteiger partial charge in [-0.15, -0.1) is 0 Å². The summed E-state index contributed by atoms with van der Waals surface area (Å²) < 4.78 is 6.01. The number of rotatable bonds is 3. The Hall–Kier alpha value is -2.57. The minimum Gasteiger partial charge on any atom is -0.491 e. The maximum absolute atomic E-state index is 13.3. The summed E-state index contributed by atoms with van der Waals surface area (Å²) in [5.41, 5.74) is 0.107. The fourth-order valence-electron chi connectivity index (χ4n) is 5.02. The molecule has 32 heavy (non-hydrogen) atoms.